The van der Waals surface area contributed by atoms with E-state index in [9.17, 15) is 29.1 Å². The van der Waals surface area contributed by atoms with Gasteiger partial charge in [0, 0.05) is 65.7 Å². The molecule has 0 unspecified atom stereocenters. The molecule has 0 fully saturated rings. The third kappa shape index (κ3) is 11.7. The van der Waals surface area contributed by atoms with Gasteiger partial charge >= 0.3 is 5.97 Å². The van der Waals surface area contributed by atoms with E-state index < -0.39 is 16.8 Å². The van der Waals surface area contributed by atoms with Crippen molar-refractivity contribution >= 4 is 40.2 Å². The van der Waals surface area contributed by atoms with Gasteiger partial charge in [0.15, 0.2) is 5.43 Å². The van der Waals surface area contributed by atoms with E-state index in [0.717, 1.165) is 7.11 Å². The van der Waals surface area contributed by atoms with Gasteiger partial charge in [-0.05, 0) is 43.2 Å². The molecule has 1 aromatic rings. The van der Waals surface area contributed by atoms with Gasteiger partial charge in [-0.3, -0.25) is 19.2 Å². The number of aliphatic hydroxyl groups is 1. The SMILES string of the molecule is CCNC(=O)COCC(=O)NCC(C)(C)COCC(C)(C)CNC(=O)C1=CC(c2c3ccc(=O)cc-3oc3ccccc23)=C(C(=O)O)C=CC1.CO. The van der Waals surface area contributed by atoms with Crippen molar-refractivity contribution in [2.24, 2.45) is 10.8 Å². The Bertz CT molecular complexity index is 1870. The van der Waals surface area contributed by atoms with E-state index in [2.05, 4.69) is 16.0 Å². The number of amides is 3. The number of likely N-dealkylation sites (N-methyl/N-ethyl adjacent to an activating group) is 1. The zero-order chi connectivity index (χ0) is 38.5. The van der Waals surface area contributed by atoms with E-state index >= 15 is 0 Å². The summed E-state index contributed by atoms with van der Waals surface area (Å²) in [5, 5.41) is 26.3. The van der Waals surface area contributed by atoms with Gasteiger partial charge in [-0.25, -0.2) is 4.79 Å². The van der Waals surface area contributed by atoms with E-state index in [1.54, 1.807) is 37.3 Å². The van der Waals surface area contributed by atoms with Crippen LogP contribution in [0, 0.1) is 10.8 Å². The van der Waals surface area contributed by atoms with Crippen molar-refractivity contribution in [3.63, 3.8) is 0 Å². The van der Waals surface area contributed by atoms with Gasteiger partial charge in [0.05, 0.1) is 18.8 Å². The lowest BCUT2D eigenvalue weighted by Gasteiger charge is -2.29. The third-order valence-corrected chi connectivity index (χ3v) is 7.94. The molecule has 0 bridgehead atoms. The van der Waals surface area contributed by atoms with Gasteiger partial charge in [-0.2, -0.15) is 0 Å². The molecular weight excluding hydrogens is 670 g/mol. The average Bonchev–Trinajstić information content (AvgIpc) is 3.33. The highest BCUT2D eigenvalue weighted by Crippen LogP contribution is 2.40. The topological polar surface area (TPSA) is 193 Å². The van der Waals surface area contributed by atoms with Crippen LogP contribution in [0.1, 0.15) is 46.6 Å². The van der Waals surface area contributed by atoms with Crippen LogP contribution in [-0.2, 0) is 28.7 Å². The summed E-state index contributed by atoms with van der Waals surface area (Å²) in [5.74, 6) is -1.80. The van der Waals surface area contributed by atoms with Crippen molar-refractivity contribution in [2.75, 3.05) is 53.2 Å². The third-order valence-electron chi connectivity index (χ3n) is 7.94. The minimum absolute atomic E-state index is 0.0103. The van der Waals surface area contributed by atoms with E-state index in [1.165, 1.54) is 18.2 Å². The second kappa shape index (κ2) is 18.9. The number of aliphatic carboxylic acids is 1. The zero-order valence-electron chi connectivity index (χ0n) is 30.6. The van der Waals surface area contributed by atoms with Gasteiger partial charge < -0.3 is 40.1 Å². The summed E-state index contributed by atoms with van der Waals surface area (Å²) >= 11 is 0. The van der Waals surface area contributed by atoms with Gasteiger partial charge in [0.2, 0.25) is 17.7 Å². The Kier molecular flexibility index (Phi) is 15.0. The second-order valence-electron chi connectivity index (χ2n) is 13.8. The summed E-state index contributed by atoms with van der Waals surface area (Å²) in [6.45, 7) is 11.0. The quantitative estimate of drug-likeness (QED) is 0.136. The Morgan fingerprint density at radius 1 is 0.865 bits per heavy atom. The van der Waals surface area contributed by atoms with E-state index in [4.69, 9.17) is 19.0 Å². The number of ether oxygens (including phenoxy) is 2. The smallest absolute Gasteiger partial charge is 0.336 e. The number of benzene rings is 2. The molecular formula is C39H49N3O10. The Hall–Kier alpha value is -5.11. The molecule has 0 aromatic heterocycles. The van der Waals surface area contributed by atoms with E-state index in [0.29, 0.717) is 65.3 Å². The number of para-hydroxylation sites is 1. The van der Waals surface area contributed by atoms with Crippen molar-refractivity contribution in [3.05, 3.63) is 87.6 Å². The normalized spacial score (nSPS) is 13.2. The summed E-state index contributed by atoms with van der Waals surface area (Å²) in [6, 6.07) is 11.5. The number of rotatable bonds is 16. The summed E-state index contributed by atoms with van der Waals surface area (Å²) in [4.78, 5) is 61.9. The van der Waals surface area contributed by atoms with Crippen molar-refractivity contribution in [1.29, 1.82) is 0 Å². The number of nitrogens with one attached hydrogen (secondary N) is 3. The highest BCUT2D eigenvalue weighted by Gasteiger charge is 2.27. The predicted molar refractivity (Wildman–Crippen MR) is 198 cm³/mol. The number of fused-ring (bicyclic) bond motifs is 2. The molecule has 0 atom stereocenters. The lowest BCUT2D eigenvalue weighted by molar-refractivity contribution is -0.133. The highest BCUT2D eigenvalue weighted by molar-refractivity contribution is 6.11. The average molecular weight is 720 g/mol. The summed E-state index contributed by atoms with van der Waals surface area (Å²) in [5.41, 5.74) is 1.18. The first kappa shape index (κ1) is 41.3. The number of carbonyl (C=O) groups excluding carboxylic acids is 3. The molecule has 0 saturated heterocycles. The molecule has 0 spiro atoms. The number of hydrogen-bond acceptors (Lipinski definition) is 9. The predicted octanol–water partition coefficient (Wildman–Crippen LogP) is 3.68. The standard InChI is InChI=1S/C38H45N3O9.CH4O/c1-6-39-32(43)18-48-19-33(44)40-20-37(2,3)22-49-23-38(4,5)21-41-35(45)24-10-9-12-26(36(46)47)29(16-24)34-27-11-7-8-13-30(27)50-31-17-25(42)14-15-28(31)34;1-2/h7-9,11-17H,6,10,18-23H2,1-5H3,(H,39,43)(H,40,44)(H,41,45)(H,46,47);2H,1H3. The zero-order valence-corrected chi connectivity index (χ0v) is 30.6. The molecule has 1 heterocycles. The van der Waals surface area contributed by atoms with Gasteiger partial charge in [-0.1, -0.05) is 58.0 Å². The van der Waals surface area contributed by atoms with Crippen LogP contribution >= 0.6 is 0 Å². The number of hydrogen-bond donors (Lipinski definition) is 5. The fraction of sp³-hybridized carbons (Fsp3) is 0.410. The van der Waals surface area contributed by atoms with Crippen LogP contribution in [0.15, 0.2) is 81.1 Å². The minimum Gasteiger partial charge on any atom is -0.478 e. The largest absolute Gasteiger partial charge is 0.478 e. The van der Waals surface area contributed by atoms with Crippen LogP contribution in [0.5, 0.6) is 0 Å². The van der Waals surface area contributed by atoms with Crippen molar-refractivity contribution < 1.29 is 43.3 Å². The lowest BCUT2D eigenvalue weighted by Crippen LogP contribution is -2.41. The number of aliphatic hydroxyl groups excluding tert-OH is 1. The molecule has 3 amide bonds. The maximum atomic E-state index is 13.6. The molecule has 1 aliphatic heterocycles. The van der Waals surface area contributed by atoms with E-state index in [1.807, 2.05) is 39.8 Å². The van der Waals surface area contributed by atoms with Gasteiger partial charge in [0.25, 0.3) is 0 Å². The fourth-order valence-corrected chi connectivity index (χ4v) is 5.38. The van der Waals surface area contributed by atoms with Crippen LogP contribution in [0.2, 0.25) is 0 Å². The van der Waals surface area contributed by atoms with Crippen LogP contribution < -0.4 is 21.4 Å². The maximum Gasteiger partial charge on any atom is 0.336 e. The molecule has 52 heavy (non-hydrogen) atoms. The van der Waals surface area contributed by atoms with Crippen LogP contribution in [0.4, 0.5) is 0 Å². The maximum absolute atomic E-state index is 13.6. The minimum atomic E-state index is -1.15. The van der Waals surface area contributed by atoms with Crippen molar-refractivity contribution in [1.82, 2.24) is 16.0 Å². The summed E-state index contributed by atoms with van der Waals surface area (Å²) < 4.78 is 17.2. The molecule has 13 heteroatoms. The highest BCUT2D eigenvalue weighted by atomic mass is 16.5. The Morgan fingerprint density at radius 3 is 2.15 bits per heavy atom. The Balaban J connectivity index is 0.00000358. The molecule has 0 radical (unpaired) electrons. The molecule has 1 aromatic carbocycles. The molecule has 13 nitrogen and oxygen atoms in total. The molecule has 2 aliphatic carbocycles. The summed E-state index contributed by atoms with van der Waals surface area (Å²) in [6.07, 6.45) is 4.97. The first-order valence-corrected chi connectivity index (χ1v) is 16.9. The number of carboxylic acid groups (broad SMARTS) is 1. The van der Waals surface area contributed by atoms with Gasteiger partial charge in [-0.15, -0.1) is 0 Å². The molecule has 280 valence electrons. The van der Waals surface area contributed by atoms with Crippen LogP contribution in [0.3, 0.4) is 0 Å². The molecule has 0 saturated carbocycles. The molecule has 4 rings (SSSR count). The number of carbonyl (C=O) groups is 4. The fourth-order valence-electron chi connectivity index (χ4n) is 5.38. The van der Waals surface area contributed by atoms with E-state index in [-0.39, 0.29) is 54.9 Å². The monoisotopic (exact) mass is 719 g/mol. The lowest BCUT2D eigenvalue weighted by atomic mass is 9.89. The van der Waals surface area contributed by atoms with Crippen molar-refractivity contribution in [2.45, 2.75) is 41.0 Å². The van der Waals surface area contributed by atoms with Crippen LogP contribution in [0.25, 0.3) is 27.9 Å². The second-order valence-corrected chi connectivity index (χ2v) is 13.8. The van der Waals surface area contributed by atoms with Crippen LogP contribution in [-0.4, -0.2) is 87.1 Å². The molecule has 5 N–H and O–H groups in total. The van der Waals surface area contributed by atoms with Gasteiger partial charge in [0.1, 0.15) is 24.6 Å². The van der Waals surface area contributed by atoms with Crippen molar-refractivity contribution in [3.8, 4) is 11.3 Å². The summed E-state index contributed by atoms with van der Waals surface area (Å²) in [7, 11) is 1.00. The first-order chi connectivity index (χ1) is 24.7. The number of allylic oxidation sites excluding steroid dienone is 3. The Morgan fingerprint density at radius 2 is 1.50 bits per heavy atom. The Labute approximate surface area is 303 Å². The first-order valence-electron chi connectivity index (χ1n) is 16.9. The number of carboxylic acids is 1. The molecule has 3 aliphatic rings.